The normalized spacial score (nSPS) is 23.3. The van der Waals surface area contributed by atoms with Gasteiger partial charge in [0.15, 0.2) is 0 Å². The molecular formula is C20H22ClN5O. The topological polar surface area (TPSA) is 74.8 Å². The highest BCUT2D eigenvalue weighted by molar-refractivity contribution is 6.30. The van der Waals surface area contributed by atoms with Crippen LogP contribution in [0.15, 0.2) is 30.9 Å². The summed E-state index contributed by atoms with van der Waals surface area (Å²) in [7, 11) is 0. The molecule has 140 valence electrons. The number of carbonyl (C=O) groups excluding carboxylic acids is 1. The molecule has 0 spiro atoms. The second-order valence-electron chi connectivity index (χ2n) is 7.40. The van der Waals surface area contributed by atoms with Crippen LogP contribution in [0.2, 0.25) is 5.02 Å². The molecule has 27 heavy (non-hydrogen) atoms. The van der Waals surface area contributed by atoms with E-state index in [2.05, 4.69) is 21.1 Å². The molecule has 2 atom stereocenters. The third-order valence-corrected chi connectivity index (χ3v) is 6.06. The van der Waals surface area contributed by atoms with Crippen LogP contribution in [0, 0.1) is 29.1 Å². The number of nitriles is 1. The average Bonchev–Trinajstić information content (AvgIpc) is 3.36. The van der Waals surface area contributed by atoms with Crippen molar-refractivity contribution >= 4 is 23.1 Å². The van der Waals surface area contributed by atoms with Crippen molar-refractivity contribution in [1.82, 2.24) is 14.8 Å². The van der Waals surface area contributed by atoms with Crippen LogP contribution in [-0.2, 0) is 4.79 Å². The summed E-state index contributed by atoms with van der Waals surface area (Å²) >= 11 is 6.02. The van der Waals surface area contributed by atoms with Crippen molar-refractivity contribution in [2.24, 2.45) is 17.8 Å². The van der Waals surface area contributed by atoms with Crippen molar-refractivity contribution in [1.29, 1.82) is 5.26 Å². The first-order valence-corrected chi connectivity index (χ1v) is 9.88. The molecule has 0 radical (unpaired) electrons. The summed E-state index contributed by atoms with van der Waals surface area (Å²) in [5.74, 6) is 0.250. The van der Waals surface area contributed by atoms with Gasteiger partial charge in [0.1, 0.15) is 5.78 Å². The van der Waals surface area contributed by atoms with Crippen LogP contribution in [0.4, 0.5) is 5.69 Å². The van der Waals surface area contributed by atoms with Gasteiger partial charge in [0.05, 0.1) is 40.8 Å². The number of carbonyl (C=O) groups is 1. The largest absolute Gasteiger partial charge is 0.368 e. The van der Waals surface area contributed by atoms with Gasteiger partial charge < -0.3 is 4.90 Å². The van der Waals surface area contributed by atoms with Crippen molar-refractivity contribution in [3.05, 3.63) is 35.9 Å². The maximum Gasteiger partial charge on any atom is 0.140 e. The van der Waals surface area contributed by atoms with E-state index in [9.17, 15) is 10.1 Å². The lowest BCUT2D eigenvalue weighted by molar-refractivity contribution is -0.128. The lowest BCUT2D eigenvalue weighted by Crippen LogP contribution is -2.39. The molecular weight excluding hydrogens is 362 g/mol. The fourth-order valence-corrected chi connectivity index (χ4v) is 4.55. The number of piperidine rings is 1. The first kappa shape index (κ1) is 18.0. The predicted molar refractivity (Wildman–Crippen MR) is 103 cm³/mol. The summed E-state index contributed by atoms with van der Waals surface area (Å²) in [6.07, 6.45) is 11.4. The fourth-order valence-electron chi connectivity index (χ4n) is 4.41. The van der Waals surface area contributed by atoms with E-state index in [4.69, 9.17) is 11.6 Å². The van der Waals surface area contributed by atoms with Crippen LogP contribution in [0.1, 0.15) is 32.1 Å². The number of hydrogen-bond acceptors (Lipinski definition) is 5. The standard InChI is InChI=1S/C20H22ClN5O/c21-16-11-24-26(13-16)18-4-7-23-12-19(18)25-8-5-14(6-9-25)20(27)17-3-1-2-15(17)10-22/h4,7,11-15,17H,1-3,5-6,8-9H2/t15-,17?/m1/s1. The van der Waals surface area contributed by atoms with E-state index in [0.29, 0.717) is 10.8 Å². The van der Waals surface area contributed by atoms with E-state index in [1.54, 1.807) is 23.3 Å². The highest BCUT2D eigenvalue weighted by Crippen LogP contribution is 2.36. The lowest BCUT2D eigenvalue weighted by Gasteiger charge is -2.34. The Labute approximate surface area is 163 Å². The number of anilines is 1. The minimum atomic E-state index is -0.0787. The minimum Gasteiger partial charge on any atom is -0.368 e. The first-order valence-electron chi connectivity index (χ1n) is 9.50. The van der Waals surface area contributed by atoms with Crippen molar-refractivity contribution in [3.63, 3.8) is 0 Å². The monoisotopic (exact) mass is 383 g/mol. The van der Waals surface area contributed by atoms with Crippen molar-refractivity contribution < 1.29 is 4.79 Å². The molecule has 2 aromatic rings. The smallest absolute Gasteiger partial charge is 0.140 e. The number of ketones is 1. The van der Waals surface area contributed by atoms with E-state index in [-0.39, 0.29) is 17.8 Å². The summed E-state index contributed by atoms with van der Waals surface area (Å²) in [5.41, 5.74) is 1.93. The summed E-state index contributed by atoms with van der Waals surface area (Å²) < 4.78 is 1.76. The van der Waals surface area contributed by atoms with Crippen molar-refractivity contribution in [2.45, 2.75) is 32.1 Å². The molecule has 6 nitrogen and oxygen atoms in total. The molecule has 0 bridgehead atoms. The van der Waals surface area contributed by atoms with Gasteiger partial charge in [-0.05, 0) is 31.7 Å². The number of pyridine rings is 1. The molecule has 1 saturated carbocycles. The third kappa shape index (κ3) is 3.57. The molecule has 2 aliphatic rings. The number of nitrogens with zero attached hydrogens (tertiary/aromatic N) is 5. The molecule has 0 amide bonds. The van der Waals surface area contributed by atoms with Gasteiger partial charge in [-0.2, -0.15) is 10.4 Å². The molecule has 0 N–H and O–H groups in total. The van der Waals surface area contributed by atoms with E-state index in [0.717, 1.165) is 56.6 Å². The van der Waals surface area contributed by atoms with Crippen LogP contribution in [0.5, 0.6) is 0 Å². The molecule has 2 aromatic heterocycles. The molecule has 4 rings (SSSR count). The van der Waals surface area contributed by atoms with Crippen LogP contribution < -0.4 is 4.90 Å². The minimum absolute atomic E-state index is 0.0493. The molecule has 1 saturated heterocycles. The molecule has 0 aromatic carbocycles. The van der Waals surface area contributed by atoms with Crippen LogP contribution >= 0.6 is 11.6 Å². The predicted octanol–water partition coefficient (Wildman–Crippen LogP) is 3.65. The maximum atomic E-state index is 12.9. The average molecular weight is 384 g/mol. The number of Topliss-reactive ketones (excluding diaryl/α,β-unsaturated/α-hetero) is 1. The second kappa shape index (κ2) is 7.69. The number of hydrogen-bond donors (Lipinski definition) is 0. The zero-order chi connectivity index (χ0) is 18.8. The summed E-state index contributed by atoms with van der Waals surface area (Å²) in [6, 6.07) is 4.26. The van der Waals surface area contributed by atoms with Gasteiger partial charge in [-0.15, -0.1) is 0 Å². The summed E-state index contributed by atoms with van der Waals surface area (Å²) in [5, 5.41) is 14.2. The van der Waals surface area contributed by atoms with E-state index < -0.39 is 0 Å². The molecule has 3 heterocycles. The Morgan fingerprint density at radius 3 is 2.70 bits per heavy atom. The van der Waals surface area contributed by atoms with E-state index in [1.165, 1.54) is 0 Å². The highest BCUT2D eigenvalue weighted by Gasteiger charge is 2.37. The quantitative estimate of drug-likeness (QED) is 0.805. The van der Waals surface area contributed by atoms with Gasteiger partial charge >= 0.3 is 0 Å². The number of rotatable bonds is 4. The maximum absolute atomic E-state index is 12.9. The zero-order valence-corrected chi connectivity index (χ0v) is 15.8. The Morgan fingerprint density at radius 2 is 2.00 bits per heavy atom. The van der Waals surface area contributed by atoms with Gasteiger partial charge in [-0.3, -0.25) is 9.78 Å². The number of halogens is 1. The SMILES string of the molecule is N#C[C@H]1CCCC1C(=O)C1CCN(c2cnccc2-n2cc(Cl)cn2)CC1. The molecule has 1 aliphatic carbocycles. The first-order chi connectivity index (χ1) is 13.2. The Hall–Kier alpha value is -2.39. The molecule has 1 aliphatic heterocycles. The van der Waals surface area contributed by atoms with Crippen LogP contribution in [0.3, 0.4) is 0 Å². The molecule has 1 unspecified atom stereocenters. The van der Waals surface area contributed by atoms with Gasteiger partial charge in [-0.25, -0.2) is 4.68 Å². The Balaban J connectivity index is 1.46. The fraction of sp³-hybridized carbons (Fsp3) is 0.500. The summed E-state index contributed by atoms with van der Waals surface area (Å²) in [6.45, 7) is 1.60. The Morgan fingerprint density at radius 1 is 1.19 bits per heavy atom. The van der Waals surface area contributed by atoms with Gasteiger partial charge in [0, 0.05) is 37.3 Å². The van der Waals surface area contributed by atoms with Gasteiger partial charge in [0.2, 0.25) is 0 Å². The van der Waals surface area contributed by atoms with Gasteiger partial charge in [-0.1, -0.05) is 18.0 Å². The Kier molecular flexibility index (Phi) is 5.13. The Bertz CT molecular complexity index is 865. The summed E-state index contributed by atoms with van der Waals surface area (Å²) in [4.78, 5) is 19.4. The van der Waals surface area contributed by atoms with Crippen LogP contribution in [-0.4, -0.2) is 33.6 Å². The zero-order valence-electron chi connectivity index (χ0n) is 15.1. The van der Waals surface area contributed by atoms with Crippen molar-refractivity contribution in [3.8, 4) is 11.8 Å². The van der Waals surface area contributed by atoms with E-state index >= 15 is 0 Å². The molecule has 7 heteroatoms. The van der Waals surface area contributed by atoms with Crippen molar-refractivity contribution in [2.75, 3.05) is 18.0 Å². The molecule has 2 fully saturated rings. The van der Waals surface area contributed by atoms with E-state index in [1.807, 2.05) is 12.3 Å². The second-order valence-corrected chi connectivity index (χ2v) is 7.84. The number of aromatic nitrogens is 3. The lowest BCUT2D eigenvalue weighted by atomic mass is 9.81. The third-order valence-electron chi connectivity index (χ3n) is 5.86. The van der Waals surface area contributed by atoms with Gasteiger partial charge in [0.25, 0.3) is 0 Å². The van der Waals surface area contributed by atoms with Crippen LogP contribution in [0.25, 0.3) is 5.69 Å². The highest BCUT2D eigenvalue weighted by atomic mass is 35.5.